The maximum atomic E-state index is 12.4. The van der Waals surface area contributed by atoms with Crippen LogP contribution in [0.4, 0.5) is 4.39 Å². The summed E-state index contributed by atoms with van der Waals surface area (Å²) in [6.07, 6.45) is 6.61. The molecule has 3 heteroatoms. The molecular formula is C12H23FN2. The molecule has 0 aromatic heterocycles. The van der Waals surface area contributed by atoms with Gasteiger partial charge in [-0.25, -0.2) is 4.39 Å². The summed E-state index contributed by atoms with van der Waals surface area (Å²) in [5, 5.41) is 3.71. The molecule has 2 aliphatic rings. The maximum Gasteiger partial charge on any atom is 0.102 e. The molecule has 1 heterocycles. The van der Waals surface area contributed by atoms with Crippen LogP contribution >= 0.6 is 0 Å². The highest BCUT2D eigenvalue weighted by molar-refractivity contribution is 4.98. The second-order valence-electron chi connectivity index (χ2n) is 5.23. The number of hydrogen-bond donors (Lipinski definition) is 1. The van der Waals surface area contributed by atoms with Crippen LogP contribution in [-0.4, -0.2) is 42.8 Å². The Morgan fingerprint density at radius 2 is 2.07 bits per heavy atom. The number of hydrogen-bond acceptors (Lipinski definition) is 2. The zero-order valence-electron chi connectivity index (χ0n) is 9.77. The normalized spacial score (nSPS) is 32.0. The smallest absolute Gasteiger partial charge is 0.102 e. The maximum absolute atomic E-state index is 12.4. The van der Waals surface area contributed by atoms with Gasteiger partial charge in [0.15, 0.2) is 0 Å². The van der Waals surface area contributed by atoms with Gasteiger partial charge in [0.05, 0.1) is 0 Å². The molecule has 1 aliphatic carbocycles. The molecule has 0 aromatic carbocycles. The van der Waals surface area contributed by atoms with Crippen LogP contribution in [0.25, 0.3) is 0 Å². The summed E-state index contributed by atoms with van der Waals surface area (Å²) < 4.78 is 12.4. The topological polar surface area (TPSA) is 15.3 Å². The van der Waals surface area contributed by atoms with Gasteiger partial charge < -0.3 is 5.32 Å². The molecule has 1 atom stereocenters. The number of nitrogens with zero attached hydrogens (tertiary/aromatic N) is 1. The number of halogens is 1. The van der Waals surface area contributed by atoms with Crippen molar-refractivity contribution < 1.29 is 4.39 Å². The fourth-order valence-electron chi connectivity index (χ4n) is 3.07. The third-order valence-corrected chi connectivity index (χ3v) is 4.08. The van der Waals surface area contributed by atoms with Crippen molar-refractivity contribution in [3.8, 4) is 0 Å². The molecule has 88 valence electrons. The molecule has 1 aliphatic heterocycles. The van der Waals surface area contributed by atoms with Crippen molar-refractivity contribution in [3.63, 3.8) is 0 Å². The standard InChI is InChI=1S/C12H23FN2/c1-11-9-14-12(5-3-2-4-6-12)10-15(11)8-7-13/h11,14H,2-10H2,1H3. The summed E-state index contributed by atoms with van der Waals surface area (Å²) >= 11 is 0. The fraction of sp³-hybridized carbons (Fsp3) is 1.00. The highest BCUT2D eigenvalue weighted by Gasteiger charge is 2.38. The van der Waals surface area contributed by atoms with Crippen LogP contribution in [0.3, 0.4) is 0 Å². The minimum absolute atomic E-state index is 0.208. The first kappa shape index (κ1) is 11.3. The lowest BCUT2D eigenvalue weighted by atomic mass is 9.79. The molecular weight excluding hydrogens is 191 g/mol. The van der Waals surface area contributed by atoms with Gasteiger partial charge in [-0.3, -0.25) is 4.90 Å². The quantitative estimate of drug-likeness (QED) is 0.756. The van der Waals surface area contributed by atoms with Gasteiger partial charge >= 0.3 is 0 Å². The molecule has 15 heavy (non-hydrogen) atoms. The Morgan fingerprint density at radius 3 is 2.73 bits per heavy atom. The molecule has 0 amide bonds. The zero-order valence-corrected chi connectivity index (χ0v) is 9.77. The molecule has 0 aromatic rings. The van der Waals surface area contributed by atoms with E-state index >= 15 is 0 Å². The number of alkyl halides is 1. The van der Waals surface area contributed by atoms with Gasteiger partial charge in [-0.1, -0.05) is 19.3 Å². The lowest BCUT2D eigenvalue weighted by Crippen LogP contribution is -2.64. The molecule has 1 spiro atoms. The van der Waals surface area contributed by atoms with Crippen molar-refractivity contribution >= 4 is 0 Å². The van der Waals surface area contributed by atoms with E-state index in [9.17, 15) is 4.39 Å². The van der Waals surface area contributed by atoms with Crippen LogP contribution < -0.4 is 5.32 Å². The molecule has 0 bridgehead atoms. The Kier molecular flexibility index (Phi) is 3.62. The van der Waals surface area contributed by atoms with E-state index in [0.29, 0.717) is 18.1 Å². The van der Waals surface area contributed by atoms with E-state index in [-0.39, 0.29) is 6.67 Å². The lowest BCUT2D eigenvalue weighted by molar-refractivity contribution is 0.0586. The monoisotopic (exact) mass is 214 g/mol. The van der Waals surface area contributed by atoms with Crippen molar-refractivity contribution in [1.29, 1.82) is 0 Å². The summed E-state index contributed by atoms with van der Waals surface area (Å²) in [6.45, 7) is 4.68. The SMILES string of the molecule is CC1CNC2(CCCCC2)CN1CCF. The highest BCUT2D eigenvalue weighted by atomic mass is 19.1. The van der Waals surface area contributed by atoms with Gasteiger partial charge in [-0.2, -0.15) is 0 Å². The van der Waals surface area contributed by atoms with E-state index in [4.69, 9.17) is 0 Å². The van der Waals surface area contributed by atoms with Crippen LogP contribution in [0.5, 0.6) is 0 Å². The van der Waals surface area contributed by atoms with Crippen LogP contribution in [0, 0.1) is 0 Å². The molecule has 1 N–H and O–H groups in total. The molecule has 1 saturated carbocycles. The van der Waals surface area contributed by atoms with E-state index in [1.54, 1.807) is 0 Å². The molecule has 2 fully saturated rings. The third-order valence-electron chi connectivity index (χ3n) is 4.08. The summed E-state index contributed by atoms with van der Waals surface area (Å²) in [5.74, 6) is 0. The second-order valence-corrected chi connectivity index (χ2v) is 5.23. The van der Waals surface area contributed by atoms with Gasteiger partial charge in [0.25, 0.3) is 0 Å². The molecule has 2 nitrogen and oxygen atoms in total. The predicted octanol–water partition coefficient (Wildman–Crippen LogP) is 1.95. The van der Waals surface area contributed by atoms with Gasteiger partial charge in [0.1, 0.15) is 6.67 Å². The van der Waals surface area contributed by atoms with Gasteiger partial charge in [0.2, 0.25) is 0 Å². The molecule has 2 rings (SSSR count). The van der Waals surface area contributed by atoms with Crippen LogP contribution in [0.1, 0.15) is 39.0 Å². The fourth-order valence-corrected chi connectivity index (χ4v) is 3.07. The zero-order chi connectivity index (χ0) is 10.7. The Bertz CT molecular complexity index is 202. The minimum atomic E-state index is -0.208. The van der Waals surface area contributed by atoms with E-state index in [1.807, 2.05) is 0 Å². The Labute approximate surface area is 92.2 Å². The van der Waals surface area contributed by atoms with Gasteiger partial charge in [-0.05, 0) is 19.8 Å². The van der Waals surface area contributed by atoms with E-state index in [2.05, 4.69) is 17.1 Å². The van der Waals surface area contributed by atoms with Crippen LogP contribution in [0.15, 0.2) is 0 Å². The summed E-state index contributed by atoms with van der Waals surface area (Å²) in [6, 6.07) is 0.494. The Hall–Kier alpha value is -0.150. The number of nitrogens with one attached hydrogen (secondary N) is 1. The molecule has 0 radical (unpaired) electrons. The average Bonchev–Trinajstić information content (AvgIpc) is 2.26. The minimum Gasteiger partial charge on any atom is -0.308 e. The Balaban J connectivity index is 1.96. The highest BCUT2D eigenvalue weighted by Crippen LogP contribution is 2.31. The Morgan fingerprint density at radius 1 is 1.33 bits per heavy atom. The largest absolute Gasteiger partial charge is 0.308 e. The van der Waals surface area contributed by atoms with Crippen molar-refractivity contribution in [3.05, 3.63) is 0 Å². The van der Waals surface area contributed by atoms with Crippen molar-refractivity contribution in [1.82, 2.24) is 10.2 Å². The van der Waals surface area contributed by atoms with Gasteiger partial charge in [0, 0.05) is 31.2 Å². The first-order chi connectivity index (χ1) is 7.26. The van der Waals surface area contributed by atoms with Crippen molar-refractivity contribution in [2.24, 2.45) is 0 Å². The van der Waals surface area contributed by atoms with Crippen molar-refractivity contribution in [2.75, 3.05) is 26.3 Å². The van der Waals surface area contributed by atoms with Crippen LogP contribution in [-0.2, 0) is 0 Å². The summed E-state index contributed by atoms with van der Waals surface area (Å²) in [4.78, 5) is 2.32. The lowest BCUT2D eigenvalue weighted by Gasteiger charge is -2.48. The average molecular weight is 214 g/mol. The molecule has 1 unspecified atom stereocenters. The van der Waals surface area contributed by atoms with Crippen LogP contribution in [0.2, 0.25) is 0 Å². The molecule has 1 saturated heterocycles. The van der Waals surface area contributed by atoms with E-state index in [0.717, 1.165) is 13.1 Å². The first-order valence-electron chi connectivity index (χ1n) is 6.31. The number of rotatable bonds is 2. The van der Waals surface area contributed by atoms with Crippen molar-refractivity contribution in [2.45, 2.75) is 50.6 Å². The van der Waals surface area contributed by atoms with E-state index < -0.39 is 0 Å². The van der Waals surface area contributed by atoms with Gasteiger partial charge in [-0.15, -0.1) is 0 Å². The van der Waals surface area contributed by atoms with E-state index in [1.165, 1.54) is 32.1 Å². The second kappa shape index (κ2) is 4.79. The predicted molar refractivity (Wildman–Crippen MR) is 60.8 cm³/mol. The summed E-state index contributed by atoms with van der Waals surface area (Å²) in [7, 11) is 0. The summed E-state index contributed by atoms with van der Waals surface area (Å²) in [5.41, 5.74) is 0.319. The third kappa shape index (κ3) is 2.51. The number of piperazine rings is 1. The first-order valence-corrected chi connectivity index (χ1v) is 6.31.